The lowest BCUT2D eigenvalue weighted by molar-refractivity contribution is -0.115. The molecule has 0 rings (SSSR count). The summed E-state index contributed by atoms with van der Waals surface area (Å²) in [7, 11) is 0. The fourth-order valence-electron chi connectivity index (χ4n) is 0.0581. The van der Waals surface area contributed by atoms with Crippen LogP contribution in [0.25, 0.3) is 0 Å². The van der Waals surface area contributed by atoms with Crippen LogP contribution in [0, 0.1) is 0 Å². The molecule has 0 aliphatic heterocycles. The molecule has 0 spiro atoms. The number of hydrogen-bond acceptors (Lipinski definition) is 1. The van der Waals surface area contributed by atoms with Gasteiger partial charge in [-0.2, -0.15) is 4.39 Å². The topological polar surface area (TPSA) is 43.1 Å². The first-order valence-electron chi connectivity index (χ1n) is 1.46. The lowest BCUT2D eigenvalue weighted by Crippen LogP contribution is -2.09. The molecule has 0 aliphatic carbocycles. The van der Waals surface area contributed by atoms with Crippen LogP contribution in [0.15, 0.2) is 11.2 Å². The van der Waals surface area contributed by atoms with E-state index in [1.54, 1.807) is 0 Å². The van der Waals surface area contributed by atoms with Crippen molar-refractivity contribution in [1.29, 1.82) is 0 Å². The van der Waals surface area contributed by atoms with Gasteiger partial charge in [-0.05, 0) is 0 Å². The summed E-state index contributed by atoms with van der Waals surface area (Å²) in [5.41, 5.74) is 4.40. The highest BCUT2D eigenvalue weighted by atomic mass is 32.1. The van der Waals surface area contributed by atoms with Crippen molar-refractivity contribution in [3.05, 3.63) is 11.2 Å². The quantitative estimate of drug-likeness (QED) is 0.502. The summed E-state index contributed by atoms with van der Waals surface area (Å²) in [5, 5.41) is 0.600. The zero-order valence-corrected chi connectivity index (χ0v) is 4.17. The average Bonchev–Trinajstić information content (AvgIpc) is 1.65. The Kier molecular flexibility index (Phi) is 2.29. The summed E-state index contributed by atoms with van der Waals surface area (Å²) in [6.07, 6.45) is 0. The van der Waals surface area contributed by atoms with Crippen LogP contribution in [0.2, 0.25) is 0 Å². The third-order valence-electron chi connectivity index (χ3n) is 0.339. The Morgan fingerprint density at radius 2 is 2.29 bits per heavy atom. The highest BCUT2D eigenvalue weighted by Gasteiger charge is 1.97. The summed E-state index contributed by atoms with van der Waals surface area (Å²) < 4.78 is 11.5. The Bertz CT molecular complexity index is 112. The molecule has 1 amide bonds. The molecule has 0 aromatic rings. The van der Waals surface area contributed by atoms with Gasteiger partial charge in [0.15, 0.2) is 5.83 Å². The van der Waals surface area contributed by atoms with E-state index in [2.05, 4.69) is 18.4 Å². The van der Waals surface area contributed by atoms with Gasteiger partial charge in [-0.3, -0.25) is 4.79 Å². The third kappa shape index (κ3) is 2.11. The average molecular weight is 120 g/mol. The van der Waals surface area contributed by atoms with Crippen LogP contribution in [0.3, 0.4) is 0 Å². The van der Waals surface area contributed by atoms with E-state index in [4.69, 9.17) is 0 Å². The van der Waals surface area contributed by atoms with Gasteiger partial charge >= 0.3 is 0 Å². The van der Waals surface area contributed by atoms with E-state index in [0.717, 1.165) is 0 Å². The number of nitrogens with two attached hydrogens (primary N) is 1. The van der Waals surface area contributed by atoms with E-state index in [0.29, 0.717) is 5.41 Å². The van der Waals surface area contributed by atoms with Crippen LogP contribution >= 0.6 is 12.6 Å². The van der Waals surface area contributed by atoms with Crippen molar-refractivity contribution in [1.82, 2.24) is 0 Å². The van der Waals surface area contributed by atoms with Gasteiger partial charge < -0.3 is 5.73 Å². The zero-order chi connectivity index (χ0) is 5.86. The Morgan fingerprint density at radius 1 is 1.86 bits per heavy atom. The lowest BCUT2D eigenvalue weighted by Gasteiger charge is -1.79. The number of primary amides is 1. The molecule has 2 N–H and O–H groups in total. The van der Waals surface area contributed by atoms with Gasteiger partial charge in [0, 0.05) is 5.41 Å². The Balaban J connectivity index is 3.82. The molecule has 39 valence electrons. The van der Waals surface area contributed by atoms with Crippen LogP contribution in [-0.2, 0) is 4.79 Å². The van der Waals surface area contributed by atoms with Gasteiger partial charge in [-0.1, -0.05) is 12.6 Å². The fourth-order valence-corrected chi connectivity index (χ4v) is 0.174. The molecule has 0 fully saturated rings. The number of hydrogen-bond donors (Lipinski definition) is 1. The Hall–Kier alpha value is -0.640. The molecule has 0 heterocycles. The van der Waals surface area contributed by atoms with Gasteiger partial charge in [-0.15, -0.1) is 0 Å². The fraction of sp³-hybridized carbons (Fsp3) is 0. The molecular formula is C3H3FNOS. The van der Waals surface area contributed by atoms with Gasteiger partial charge in [-0.25, -0.2) is 0 Å². The molecule has 0 aromatic heterocycles. The summed E-state index contributed by atoms with van der Waals surface area (Å²) in [5.74, 6) is -2.19. The minimum atomic E-state index is -1.12. The molecule has 2 nitrogen and oxygen atoms in total. The standard InChI is InChI=1S/C3H3FNOS/c4-2(1-7)3(5)6/h1H,(H2,5,6). The second-order valence-corrected chi connectivity index (χ2v) is 1.07. The van der Waals surface area contributed by atoms with Crippen molar-refractivity contribution < 1.29 is 9.18 Å². The van der Waals surface area contributed by atoms with Gasteiger partial charge in [0.25, 0.3) is 5.91 Å². The maximum Gasteiger partial charge on any atom is 0.278 e. The minimum Gasteiger partial charge on any atom is -0.364 e. The van der Waals surface area contributed by atoms with Crippen molar-refractivity contribution in [2.45, 2.75) is 0 Å². The van der Waals surface area contributed by atoms with Crippen LogP contribution in [0.1, 0.15) is 0 Å². The Morgan fingerprint density at radius 3 is 2.29 bits per heavy atom. The van der Waals surface area contributed by atoms with Crippen LogP contribution < -0.4 is 5.73 Å². The molecular weight excluding hydrogens is 117 g/mol. The van der Waals surface area contributed by atoms with Gasteiger partial charge in [0.05, 0.1) is 0 Å². The molecule has 4 heteroatoms. The molecule has 0 atom stereocenters. The first-order chi connectivity index (χ1) is 3.18. The predicted octanol–water partition coefficient (Wildman–Crippen LogP) is 0.480. The Labute approximate surface area is 45.6 Å². The normalized spacial score (nSPS) is 11.3. The maximum atomic E-state index is 11.5. The van der Waals surface area contributed by atoms with E-state index in [-0.39, 0.29) is 0 Å². The SMILES string of the molecule is NC(=O)C(F)=C[S]. The van der Waals surface area contributed by atoms with E-state index >= 15 is 0 Å². The van der Waals surface area contributed by atoms with E-state index < -0.39 is 11.7 Å². The minimum absolute atomic E-state index is 0.600. The zero-order valence-electron chi connectivity index (χ0n) is 3.35. The second-order valence-electron chi connectivity index (χ2n) is 0.830. The van der Waals surface area contributed by atoms with Crippen molar-refractivity contribution in [2.75, 3.05) is 0 Å². The first kappa shape index (κ1) is 6.36. The first-order valence-corrected chi connectivity index (χ1v) is 1.93. The number of amides is 1. The maximum absolute atomic E-state index is 11.5. The molecule has 0 aliphatic rings. The molecule has 7 heavy (non-hydrogen) atoms. The van der Waals surface area contributed by atoms with E-state index in [1.165, 1.54) is 0 Å². The van der Waals surface area contributed by atoms with Gasteiger partial charge in [0.1, 0.15) is 0 Å². The number of halogens is 1. The molecule has 0 saturated heterocycles. The lowest BCUT2D eigenvalue weighted by atomic mass is 10.6. The van der Waals surface area contributed by atoms with E-state index in [1.807, 2.05) is 0 Å². The highest BCUT2D eigenvalue weighted by molar-refractivity contribution is 7.83. The second kappa shape index (κ2) is 2.52. The monoisotopic (exact) mass is 120 g/mol. The molecule has 0 bridgehead atoms. The summed E-state index contributed by atoms with van der Waals surface area (Å²) in [6, 6.07) is 0. The van der Waals surface area contributed by atoms with Crippen molar-refractivity contribution in [3.8, 4) is 0 Å². The molecule has 0 aromatic carbocycles. The molecule has 0 unspecified atom stereocenters. The van der Waals surface area contributed by atoms with Crippen molar-refractivity contribution in [2.24, 2.45) is 5.73 Å². The number of rotatable bonds is 1. The van der Waals surface area contributed by atoms with Crippen LogP contribution in [-0.4, -0.2) is 5.91 Å². The van der Waals surface area contributed by atoms with E-state index in [9.17, 15) is 9.18 Å². The van der Waals surface area contributed by atoms with Gasteiger partial charge in [0.2, 0.25) is 0 Å². The predicted molar refractivity (Wildman–Crippen MR) is 26.0 cm³/mol. The summed E-state index contributed by atoms with van der Waals surface area (Å²) >= 11 is 4.01. The third-order valence-corrected chi connectivity index (χ3v) is 0.546. The summed E-state index contributed by atoms with van der Waals surface area (Å²) in [4.78, 5) is 9.64. The van der Waals surface area contributed by atoms with Crippen LogP contribution in [0.5, 0.6) is 0 Å². The highest BCUT2D eigenvalue weighted by Crippen LogP contribution is 1.93. The summed E-state index contributed by atoms with van der Waals surface area (Å²) in [6.45, 7) is 0. The molecule has 1 radical (unpaired) electrons. The smallest absolute Gasteiger partial charge is 0.278 e. The number of carbonyl (C=O) groups is 1. The van der Waals surface area contributed by atoms with Crippen LogP contribution in [0.4, 0.5) is 4.39 Å². The number of carbonyl (C=O) groups excluding carboxylic acids is 1. The van der Waals surface area contributed by atoms with Crippen molar-refractivity contribution >= 4 is 18.5 Å². The molecule has 0 saturated carbocycles. The largest absolute Gasteiger partial charge is 0.364 e. The van der Waals surface area contributed by atoms with Crippen molar-refractivity contribution in [3.63, 3.8) is 0 Å².